The third-order valence-corrected chi connectivity index (χ3v) is 1.71. The van der Waals surface area contributed by atoms with Crippen molar-refractivity contribution in [2.45, 2.75) is 13.0 Å². The van der Waals surface area contributed by atoms with Crippen LogP contribution in [0.15, 0.2) is 12.2 Å². The Morgan fingerprint density at radius 1 is 1.73 bits per heavy atom. The van der Waals surface area contributed by atoms with E-state index in [1.54, 1.807) is 13.0 Å². The summed E-state index contributed by atoms with van der Waals surface area (Å²) in [6, 6.07) is 0. The summed E-state index contributed by atoms with van der Waals surface area (Å²) in [6.07, 6.45) is 2.10. The number of ketones is 1. The second kappa shape index (κ2) is 3.64. The molecule has 0 aromatic rings. The van der Waals surface area contributed by atoms with E-state index in [0.717, 1.165) is 0 Å². The van der Waals surface area contributed by atoms with Crippen molar-refractivity contribution in [1.29, 1.82) is 0 Å². The summed E-state index contributed by atoms with van der Waals surface area (Å²) in [5.41, 5.74) is 0. The van der Waals surface area contributed by atoms with Gasteiger partial charge in [-0.1, -0.05) is 13.0 Å². The summed E-state index contributed by atoms with van der Waals surface area (Å²) in [6.45, 7) is 2.70. The van der Waals surface area contributed by atoms with E-state index in [9.17, 15) is 9.90 Å². The van der Waals surface area contributed by atoms with Crippen LogP contribution in [0.25, 0.3) is 0 Å². The van der Waals surface area contributed by atoms with Gasteiger partial charge in [-0.25, -0.2) is 0 Å². The molecule has 1 N–H and O–H groups in total. The highest BCUT2D eigenvalue weighted by molar-refractivity contribution is 5.93. The van der Waals surface area contributed by atoms with Crippen molar-refractivity contribution in [3.8, 4) is 0 Å². The van der Waals surface area contributed by atoms with Crippen LogP contribution in [-0.4, -0.2) is 30.2 Å². The Bertz CT molecular complexity index is 174. The van der Waals surface area contributed by atoms with Gasteiger partial charge in [-0.05, 0) is 6.08 Å². The topological polar surface area (TPSA) is 46.5 Å². The number of rotatable bonds is 0. The lowest BCUT2D eigenvalue weighted by atomic mass is 10.0. The van der Waals surface area contributed by atoms with Gasteiger partial charge in [0.05, 0.1) is 13.2 Å². The largest absolute Gasteiger partial charge is 0.385 e. The zero-order chi connectivity index (χ0) is 8.27. The highest BCUT2D eigenvalue weighted by Crippen LogP contribution is 2.07. The average molecular weight is 156 g/mol. The van der Waals surface area contributed by atoms with Gasteiger partial charge in [-0.15, -0.1) is 0 Å². The highest BCUT2D eigenvalue weighted by Gasteiger charge is 2.21. The molecule has 2 unspecified atom stereocenters. The Labute approximate surface area is 65.7 Å². The van der Waals surface area contributed by atoms with E-state index in [1.165, 1.54) is 6.08 Å². The lowest BCUT2D eigenvalue weighted by Crippen LogP contribution is -2.30. The fourth-order valence-electron chi connectivity index (χ4n) is 0.956. The third-order valence-electron chi connectivity index (χ3n) is 1.71. The molecule has 3 heteroatoms. The first-order chi connectivity index (χ1) is 5.22. The van der Waals surface area contributed by atoms with Crippen molar-refractivity contribution >= 4 is 5.78 Å². The molecule has 0 aromatic carbocycles. The lowest BCUT2D eigenvalue weighted by molar-refractivity contribution is -0.126. The molecule has 11 heavy (non-hydrogen) atoms. The molecule has 1 aliphatic heterocycles. The van der Waals surface area contributed by atoms with Crippen LogP contribution in [0.4, 0.5) is 0 Å². The van der Waals surface area contributed by atoms with E-state index in [0.29, 0.717) is 13.2 Å². The number of ether oxygens (including phenoxy) is 1. The minimum Gasteiger partial charge on any atom is -0.385 e. The number of carbonyl (C=O) groups is 1. The summed E-state index contributed by atoms with van der Waals surface area (Å²) in [4.78, 5) is 11.0. The van der Waals surface area contributed by atoms with Crippen LogP contribution >= 0.6 is 0 Å². The first kappa shape index (κ1) is 8.43. The van der Waals surface area contributed by atoms with Gasteiger partial charge < -0.3 is 9.84 Å². The molecule has 0 saturated heterocycles. The molecule has 0 saturated carbocycles. The molecule has 0 aromatic heterocycles. The maximum Gasteiger partial charge on any atom is 0.184 e. The predicted octanol–water partition coefficient (Wildman–Crippen LogP) is 0.139. The maximum atomic E-state index is 11.0. The minimum atomic E-state index is -0.897. The van der Waals surface area contributed by atoms with Crippen LogP contribution in [-0.2, 0) is 9.53 Å². The number of aliphatic hydroxyl groups is 1. The van der Waals surface area contributed by atoms with Crippen molar-refractivity contribution in [3.63, 3.8) is 0 Å². The van der Waals surface area contributed by atoms with Crippen LogP contribution in [0.5, 0.6) is 0 Å². The van der Waals surface area contributed by atoms with E-state index in [-0.39, 0.29) is 11.7 Å². The monoisotopic (exact) mass is 156 g/mol. The summed E-state index contributed by atoms with van der Waals surface area (Å²) in [5, 5.41) is 9.27. The standard InChI is InChI=1S/C8H12O3/c1-6-5-11-4-2-3-7(9)8(6)10/h2-3,6,8,10H,4-5H2,1H3. The molecule has 0 aliphatic carbocycles. The Hall–Kier alpha value is -0.670. The van der Waals surface area contributed by atoms with Gasteiger partial charge >= 0.3 is 0 Å². The number of hydrogen-bond donors (Lipinski definition) is 1. The van der Waals surface area contributed by atoms with Crippen molar-refractivity contribution in [2.24, 2.45) is 5.92 Å². The third kappa shape index (κ3) is 2.13. The van der Waals surface area contributed by atoms with Gasteiger partial charge in [0.1, 0.15) is 6.10 Å². The molecule has 2 atom stereocenters. The summed E-state index contributed by atoms with van der Waals surface area (Å²) < 4.78 is 5.11. The van der Waals surface area contributed by atoms with E-state index in [1.807, 2.05) is 0 Å². The fourth-order valence-corrected chi connectivity index (χ4v) is 0.956. The normalized spacial score (nSPS) is 33.1. The lowest BCUT2D eigenvalue weighted by Gasteiger charge is -2.17. The highest BCUT2D eigenvalue weighted by atomic mass is 16.5. The Kier molecular flexibility index (Phi) is 2.79. The van der Waals surface area contributed by atoms with E-state index in [2.05, 4.69) is 0 Å². The van der Waals surface area contributed by atoms with Crippen molar-refractivity contribution in [2.75, 3.05) is 13.2 Å². The van der Waals surface area contributed by atoms with Gasteiger partial charge in [0.2, 0.25) is 0 Å². The van der Waals surface area contributed by atoms with Crippen molar-refractivity contribution in [3.05, 3.63) is 12.2 Å². The van der Waals surface area contributed by atoms with Crippen LogP contribution < -0.4 is 0 Å². The first-order valence-corrected chi connectivity index (χ1v) is 3.68. The number of hydrogen-bond acceptors (Lipinski definition) is 3. The minimum absolute atomic E-state index is 0.104. The molecule has 0 fully saturated rings. The second-order valence-corrected chi connectivity index (χ2v) is 2.76. The molecule has 3 nitrogen and oxygen atoms in total. The quantitative estimate of drug-likeness (QED) is 0.542. The molecule has 62 valence electrons. The maximum absolute atomic E-state index is 11.0. The van der Waals surface area contributed by atoms with Gasteiger partial charge in [0.25, 0.3) is 0 Å². The van der Waals surface area contributed by atoms with Gasteiger partial charge in [0.15, 0.2) is 5.78 Å². The Morgan fingerprint density at radius 2 is 2.45 bits per heavy atom. The Balaban J connectivity index is 2.64. The van der Waals surface area contributed by atoms with Crippen LogP contribution in [0, 0.1) is 5.92 Å². The van der Waals surface area contributed by atoms with Gasteiger partial charge in [-0.3, -0.25) is 4.79 Å². The first-order valence-electron chi connectivity index (χ1n) is 3.68. The zero-order valence-electron chi connectivity index (χ0n) is 6.49. The number of carbonyl (C=O) groups excluding carboxylic acids is 1. The summed E-state index contributed by atoms with van der Waals surface area (Å²) in [7, 11) is 0. The average Bonchev–Trinajstić information content (AvgIpc) is 2.00. The molecule has 0 amide bonds. The molecular weight excluding hydrogens is 144 g/mol. The number of aliphatic hydroxyl groups excluding tert-OH is 1. The smallest absolute Gasteiger partial charge is 0.184 e. The van der Waals surface area contributed by atoms with Crippen LogP contribution in [0.1, 0.15) is 6.92 Å². The summed E-state index contributed by atoms with van der Waals surface area (Å²) in [5.74, 6) is -0.326. The van der Waals surface area contributed by atoms with Gasteiger partial charge in [0, 0.05) is 5.92 Å². The van der Waals surface area contributed by atoms with Crippen LogP contribution in [0.2, 0.25) is 0 Å². The molecule has 0 spiro atoms. The molecule has 0 bridgehead atoms. The fraction of sp³-hybridized carbons (Fsp3) is 0.625. The predicted molar refractivity (Wildman–Crippen MR) is 40.1 cm³/mol. The van der Waals surface area contributed by atoms with E-state index in [4.69, 9.17) is 4.74 Å². The zero-order valence-corrected chi connectivity index (χ0v) is 6.49. The van der Waals surface area contributed by atoms with E-state index < -0.39 is 6.10 Å². The van der Waals surface area contributed by atoms with Crippen molar-refractivity contribution < 1.29 is 14.6 Å². The molecule has 0 radical (unpaired) electrons. The van der Waals surface area contributed by atoms with Crippen LogP contribution in [0.3, 0.4) is 0 Å². The van der Waals surface area contributed by atoms with Gasteiger partial charge in [-0.2, -0.15) is 0 Å². The molecular formula is C8H12O3. The second-order valence-electron chi connectivity index (χ2n) is 2.76. The van der Waals surface area contributed by atoms with E-state index >= 15 is 0 Å². The van der Waals surface area contributed by atoms with Crippen molar-refractivity contribution in [1.82, 2.24) is 0 Å². The summed E-state index contributed by atoms with van der Waals surface area (Å²) >= 11 is 0. The molecule has 1 heterocycles. The SMILES string of the molecule is CC1COCC=CC(=O)C1O. The molecule has 1 rings (SSSR count). The molecule has 1 aliphatic rings. The Morgan fingerprint density at radius 3 is 3.18 bits per heavy atom.